The Labute approximate surface area is 277 Å². The van der Waals surface area contributed by atoms with Crippen LogP contribution < -0.4 is 5.32 Å². The van der Waals surface area contributed by atoms with Crippen LogP contribution in [0.15, 0.2) is 30.3 Å². The Hall–Kier alpha value is -2.18. The van der Waals surface area contributed by atoms with E-state index in [4.69, 9.17) is 0 Å². The quantitative estimate of drug-likeness (QED) is 0.260. The predicted octanol–water partition coefficient (Wildman–Crippen LogP) is 7.66. The van der Waals surface area contributed by atoms with Crippen molar-refractivity contribution in [3.05, 3.63) is 41.5 Å². The zero-order valence-electron chi connectivity index (χ0n) is 29.5. The van der Waals surface area contributed by atoms with E-state index < -0.39 is 5.97 Å². The Morgan fingerprint density at radius 3 is 2.28 bits per heavy atom. The first-order valence-electron chi connectivity index (χ1n) is 18.4. The third kappa shape index (κ3) is 4.94. The molecule has 4 saturated carbocycles. The Balaban J connectivity index is 1.24. The maximum absolute atomic E-state index is 14.1. The number of carbonyl (C=O) groups is 2. The molecule has 254 valence electrons. The number of hydrogen-bond donors (Lipinski definition) is 3. The normalized spacial score (nSPS) is 39.4. The van der Waals surface area contributed by atoms with Crippen LogP contribution in [0.5, 0.6) is 0 Å². The summed E-state index contributed by atoms with van der Waals surface area (Å²) in [5.74, 6) is 1.75. The maximum Gasteiger partial charge on any atom is 0.335 e. The first-order valence-corrected chi connectivity index (χ1v) is 18.4. The summed E-state index contributed by atoms with van der Waals surface area (Å²) < 4.78 is 0. The van der Waals surface area contributed by atoms with Crippen LogP contribution >= 0.6 is 0 Å². The van der Waals surface area contributed by atoms with Gasteiger partial charge in [-0.2, -0.15) is 0 Å². The van der Waals surface area contributed by atoms with Crippen LogP contribution in [0.2, 0.25) is 0 Å². The fourth-order valence-corrected chi connectivity index (χ4v) is 12.9. The van der Waals surface area contributed by atoms with Gasteiger partial charge in [-0.05, 0) is 133 Å². The van der Waals surface area contributed by atoms with E-state index in [1.54, 1.807) is 12.1 Å². The number of nitrogens with one attached hydrogen (secondary N) is 1. The lowest BCUT2D eigenvalue weighted by Gasteiger charge is -2.72. The molecule has 0 heterocycles. The standard InChI is InChI=1S/C40H60N2O4/c1-7-42(25-26-43)24-23-41-35(46)40-18-8-9-31(40)30-14-15-33-37(4)19-16-29(27-10-12-28(13-11-27)34(44)45)36(2,3)32(37)17-20-39(33,6)38(30,5)21-22-40/h10-13,16,30-33,43H,7-9,14-15,17-26H2,1-6H3,(H,41,46)(H,44,45)/t30-,31-,32+,33-,37+,38-,39-,40+/m1/s1. The van der Waals surface area contributed by atoms with Crippen LogP contribution in [-0.2, 0) is 4.79 Å². The number of hydrogen-bond acceptors (Lipinski definition) is 4. The second kappa shape index (κ2) is 12.1. The minimum absolute atomic E-state index is 0.00656. The number of benzene rings is 1. The fourth-order valence-electron chi connectivity index (χ4n) is 12.9. The lowest BCUT2D eigenvalue weighted by Crippen LogP contribution is -2.66. The molecule has 0 radical (unpaired) electrons. The number of carboxylic acids is 1. The van der Waals surface area contributed by atoms with Crippen molar-refractivity contribution >= 4 is 17.4 Å². The number of carboxylic acid groups (broad SMARTS) is 1. The fraction of sp³-hybridized carbons (Fsp3) is 0.750. The smallest absolute Gasteiger partial charge is 0.335 e. The Kier molecular flexibility index (Phi) is 8.83. The molecule has 5 aliphatic carbocycles. The lowest BCUT2D eigenvalue weighted by atomic mass is 9.32. The molecule has 6 heteroatoms. The zero-order chi connectivity index (χ0) is 33.1. The van der Waals surface area contributed by atoms with Crippen molar-refractivity contribution in [1.82, 2.24) is 10.2 Å². The van der Waals surface area contributed by atoms with Gasteiger partial charge in [-0.15, -0.1) is 0 Å². The number of rotatable bonds is 9. The van der Waals surface area contributed by atoms with Gasteiger partial charge < -0.3 is 15.5 Å². The van der Waals surface area contributed by atoms with Crippen LogP contribution in [0.1, 0.15) is 122 Å². The molecule has 3 N–H and O–H groups in total. The SMILES string of the molecule is CCN(CCO)CCNC(=O)[C@]12CCC[C@@H]1[C@H]1CC[C@@H]3[C@@]4(C)CC=C(c5ccc(C(=O)O)cc5)C(C)(C)[C@@H]4CC[C@@]3(C)[C@]1(C)CC2. The summed E-state index contributed by atoms with van der Waals surface area (Å²) in [4.78, 5) is 27.8. The summed E-state index contributed by atoms with van der Waals surface area (Å²) in [6, 6.07) is 7.54. The van der Waals surface area contributed by atoms with E-state index in [2.05, 4.69) is 57.8 Å². The molecule has 4 fully saturated rings. The maximum atomic E-state index is 14.1. The molecule has 0 unspecified atom stereocenters. The van der Waals surface area contributed by atoms with E-state index in [9.17, 15) is 19.8 Å². The van der Waals surface area contributed by atoms with Gasteiger partial charge in [0.05, 0.1) is 17.6 Å². The molecule has 0 aliphatic heterocycles. The van der Waals surface area contributed by atoms with Gasteiger partial charge in [0.25, 0.3) is 0 Å². The first-order chi connectivity index (χ1) is 21.8. The van der Waals surface area contributed by atoms with Crippen LogP contribution in [0, 0.1) is 50.7 Å². The van der Waals surface area contributed by atoms with Crippen LogP contribution in [0.3, 0.4) is 0 Å². The van der Waals surface area contributed by atoms with Gasteiger partial charge in [-0.1, -0.05) is 66.2 Å². The molecule has 46 heavy (non-hydrogen) atoms. The summed E-state index contributed by atoms with van der Waals surface area (Å²) in [7, 11) is 0. The summed E-state index contributed by atoms with van der Waals surface area (Å²) in [5.41, 5.74) is 3.41. The van der Waals surface area contributed by atoms with E-state index in [0.29, 0.717) is 48.2 Å². The van der Waals surface area contributed by atoms with Gasteiger partial charge in [-0.25, -0.2) is 4.79 Å². The third-order valence-corrected chi connectivity index (χ3v) is 15.4. The van der Waals surface area contributed by atoms with E-state index in [-0.39, 0.29) is 33.7 Å². The molecule has 0 spiro atoms. The second-order valence-corrected chi connectivity index (χ2v) is 17.2. The van der Waals surface area contributed by atoms with Gasteiger partial charge >= 0.3 is 5.97 Å². The highest BCUT2D eigenvalue weighted by Crippen LogP contribution is 2.77. The Bertz CT molecular complexity index is 1350. The van der Waals surface area contributed by atoms with E-state index in [1.165, 1.54) is 49.7 Å². The molecule has 0 bridgehead atoms. The third-order valence-electron chi connectivity index (χ3n) is 15.4. The van der Waals surface area contributed by atoms with Gasteiger partial charge in [-0.3, -0.25) is 9.69 Å². The monoisotopic (exact) mass is 632 g/mol. The minimum Gasteiger partial charge on any atom is -0.478 e. The zero-order valence-corrected chi connectivity index (χ0v) is 29.5. The molecular weight excluding hydrogens is 572 g/mol. The molecular formula is C40H60N2O4. The van der Waals surface area contributed by atoms with Crippen molar-refractivity contribution in [2.24, 2.45) is 50.7 Å². The number of aliphatic hydroxyl groups is 1. The summed E-state index contributed by atoms with van der Waals surface area (Å²) in [5, 5.41) is 22.2. The van der Waals surface area contributed by atoms with Crippen molar-refractivity contribution in [2.45, 2.75) is 106 Å². The van der Waals surface area contributed by atoms with Crippen molar-refractivity contribution in [1.29, 1.82) is 0 Å². The highest BCUT2D eigenvalue weighted by Gasteiger charge is 2.70. The molecule has 6 nitrogen and oxygen atoms in total. The summed E-state index contributed by atoms with van der Waals surface area (Å²) >= 11 is 0. The molecule has 8 atom stereocenters. The molecule has 1 aromatic rings. The number of aromatic carboxylic acids is 1. The number of carbonyl (C=O) groups excluding carboxylic acids is 1. The number of allylic oxidation sites excluding steroid dienone is 2. The Morgan fingerprint density at radius 2 is 1.61 bits per heavy atom. The summed E-state index contributed by atoms with van der Waals surface area (Å²) in [6.45, 7) is 18.1. The largest absolute Gasteiger partial charge is 0.478 e. The molecule has 1 aromatic carbocycles. The average molecular weight is 633 g/mol. The number of fused-ring (bicyclic) bond motifs is 7. The Morgan fingerprint density at radius 1 is 0.870 bits per heavy atom. The highest BCUT2D eigenvalue weighted by atomic mass is 16.4. The van der Waals surface area contributed by atoms with Gasteiger partial charge in [0.1, 0.15) is 0 Å². The topological polar surface area (TPSA) is 89.9 Å². The average Bonchev–Trinajstić information content (AvgIpc) is 3.46. The van der Waals surface area contributed by atoms with Crippen LogP contribution in [0.25, 0.3) is 5.57 Å². The molecule has 0 saturated heterocycles. The number of nitrogens with zero attached hydrogens (tertiary/aromatic N) is 1. The van der Waals surface area contributed by atoms with Crippen molar-refractivity contribution in [3.63, 3.8) is 0 Å². The van der Waals surface area contributed by atoms with Gasteiger partial charge in [0, 0.05) is 19.6 Å². The van der Waals surface area contributed by atoms with E-state index in [0.717, 1.165) is 38.8 Å². The van der Waals surface area contributed by atoms with E-state index >= 15 is 0 Å². The van der Waals surface area contributed by atoms with Crippen molar-refractivity contribution < 1.29 is 19.8 Å². The molecule has 0 aromatic heterocycles. The number of amides is 1. The van der Waals surface area contributed by atoms with Crippen LogP contribution in [-0.4, -0.2) is 59.8 Å². The van der Waals surface area contributed by atoms with Gasteiger partial charge in [0.15, 0.2) is 0 Å². The predicted molar refractivity (Wildman–Crippen MR) is 184 cm³/mol. The number of likely N-dealkylation sites (N-methyl/N-ethyl adjacent to an activating group) is 1. The van der Waals surface area contributed by atoms with E-state index in [1.807, 2.05) is 12.1 Å². The second-order valence-electron chi connectivity index (χ2n) is 17.2. The molecule has 5 aliphatic rings. The number of aliphatic hydroxyl groups excluding tert-OH is 1. The molecule has 1 amide bonds. The van der Waals surface area contributed by atoms with Crippen molar-refractivity contribution in [2.75, 3.05) is 32.8 Å². The first kappa shape index (κ1) is 33.7. The lowest BCUT2D eigenvalue weighted by molar-refractivity contribution is -0.222. The van der Waals surface area contributed by atoms with Gasteiger partial charge in [0.2, 0.25) is 5.91 Å². The van der Waals surface area contributed by atoms with Crippen molar-refractivity contribution in [3.8, 4) is 0 Å². The van der Waals surface area contributed by atoms with Crippen LogP contribution in [0.4, 0.5) is 0 Å². The minimum atomic E-state index is -0.873. The summed E-state index contributed by atoms with van der Waals surface area (Å²) in [6.07, 6.45) is 14.2. The molecule has 6 rings (SSSR count). The highest BCUT2D eigenvalue weighted by molar-refractivity contribution is 5.88.